The first-order chi connectivity index (χ1) is 12.2. The van der Waals surface area contributed by atoms with Crippen molar-refractivity contribution < 1.29 is 14.3 Å². The molecule has 2 aliphatic heterocycles. The van der Waals surface area contributed by atoms with E-state index in [0.717, 1.165) is 24.5 Å². The fourth-order valence-corrected chi connectivity index (χ4v) is 4.73. The lowest BCUT2D eigenvalue weighted by Crippen LogP contribution is -2.37. The summed E-state index contributed by atoms with van der Waals surface area (Å²) in [5, 5.41) is 0.198. The van der Waals surface area contributed by atoms with E-state index in [1.807, 2.05) is 23.1 Å². The number of carbonyl (C=O) groups excluding carboxylic acids is 1. The van der Waals surface area contributed by atoms with Crippen LogP contribution >= 0.6 is 11.8 Å². The van der Waals surface area contributed by atoms with Crippen molar-refractivity contribution in [2.75, 3.05) is 19.1 Å². The molecule has 0 N–H and O–H groups in total. The monoisotopic (exact) mass is 355 g/mol. The molecule has 2 aromatic rings. The van der Waals surface area contributed by atoms with Crippen LogP contribution in [0.15, 0.2) is 48.5 Å². The molecule has 5 heteroatoms. The van der Waals surface area contributed by atoms with Crippen molar-refractivity contribution in [3.05, 3.63) is 59.7 Å². The minimum Gasteiger partial charge on any atom is -0.454 e. The number of fused-ring (bicyclic) bond motifs is 1. The quantitative estimate of drug-likeness (QED) is 0.820. The Morgan fingerprint density at radius 1 is 1.16 bits per heavy atom. The summed E-state index contributed by atoms with van der Waals surface area (Å²) in [6.45, 7) is 3.23. The first-order valence-corrected chi connectivity index (χ1v) is 9.62. The summed E-state index contributed by atoms with van der Waals surface area (Å²) in [5.74, 6) is 2.72. The van der Waals surface area contributed by atoms with Crippen LogP contribution in [0.4, 0.5) is 0 Å². The van der Waals surface area contributed by atoms with Gasteiger partial charge in [-0.05, 0) is 29.7 Å². The van der Waals surface area contributed by atoms with Crippen LogP contribution in [0.3, 0.4) is 0 Å². The van der Waals surface area contributed by atoms with Gasteiger partial charge in [0.15, 0.2) is 11.5 Å². The Morgan fingerprint density at radius 2 is 1.96 bits per heavy atom. The number of hydrogen-bond acceptors (Lipinski definition) is 4. The maximum absolute atomic E-state index is 12.4. The molecular weight excluding hydrogens is 334 g/mol. The molecule has 1 fully saturated rings. The lowest BCUT2D eigenvalue weighted by atomic mass is 10.00. The summed E-state index contributed by atoms with van der Waals surface area (Å²) >= 11 is 1.75. The van der Waals surface area contributed by atoms with Gasteiger partial charge in [0.1, 0.15) is 0 Å². The van der Waals surface area contributed by atoms with Crippen LogP contribution in [0.1, 0.15) is 24.0 Å². The fraction of sp³-hybridized carbons (Fsp3) is 0.350. The molecule has 1 amide bonds. The van der Waals surface area contributed by atoms with Crippen molar-refractivity contribution in [3.8, 4) is 11.5 Å². The van der Waals surface area contributed by atoms with E-state index in [-0.39, 0.29) is 18.1 Å². The van der Waals surface area contributed by atoms with Crippen LogP contribution in [-0.2, 0) is 11.2 Å². The van der Waals surface area contributed by atoms with Gasteiger partial charge in [0, 0.05) is 12.5 Å². The third kappa shape index (κ3) is 3.33. The van der Waals surface area contributed by atoms with Crippen LogP contribution in [0.2, 0.25) is 0 Å². The van der Waals surface area contributed by atoms with E-state index in [9.17, 15) is 4.79 Å². The van der Waals surface area contributed by atoms with Gasteiger partial charge in [-0.1, -0.05) is 43.3 Å². The van der Waals surface area contributed by atoms with E-state index in [1.165, 1.54) is 11.1 Å². The molecule has 130 valence electrons. The van der Waals surface area contributed by atoms with E-state index in [1.54, 1.807) is 11.8 Å². The predicted octanol–water partition coefficient (Wildman–Crippen LogP) is 3.66. The molecule has 4 nitrogen and oxygen atoms in total. The second kappa shape index (κ2) is 7.00. The van der Waals surface area contributed by atoms with Crippen LogP contribution < -0.4 is 9.47 Å². The Hall–Kier alpha value is -2.14. The van der Waals surface area contributed by atoms with Gasteiger partial charge in [-0.2, -0.15) is 0 Å². The molecule has 0 radical (unpaired) electrons. The van der Waals surface area contributed by atoms with Crippen molar-refractivity contribution in [1.82, 2.24) is 4.90 Å². The second-order valence-corrected chi connectivity index (χ2v) is 7.53. The van der Waals surface area contributed by atoms with Gasteiger partial charge >= 0.3 is 0 Å². The highest BCUT2D eigenvalue weighted by Crippen LogP contribution is 2.37. The Labute approximate surface area is 152 Å². The lowest BCUT2D eigenvalue weighted by molar-refractivity contribution is -0.128. The Bertz CT molecular complexity index is 765. The molecule has 1 saturated heterocycles. The summed E-state index contributed by atoms with van der Waals surface area (Å²) in [4.78, 5) is 14.4. The zero-order valence-corrected chi connectivity index (χ0v) is 15.0. The normalized spacial score (nSPS) is 20.1. The summed E-state index contributed by atoms with van der Waals surface area (Å²) in [6, 6.07) is 16.5. The van der Waals surface area contributed by atoms with E-state index in [0.29, 0.717) is 11.7 Å². The number of ether oxygens (including phenoxy) is 2. The Kier molecular flexibility index (Phi) is 4.57. The minimum atomic E-state index is 0.198. The van der Waals surface area contributed by atoms with Crippen molar-refractivity contribution >= 4 is 17.7 Å². The largest absolute Gasteiger partial charge is 0.454 e. The van der Waals surface area contributed by atoms with Crippen LogP contribution in [-0.4, -0.2) is 35.3 Å². The lowest BCUT2D eigenvalue weighted by Gasteiger charge is -2.29. The summed E-state index contributed by atoms with van der Waals surface area (Å²) in [5.41, 5.74) is 2.45. The molecule has 0 saturated carbocycles. The number of carbonyl (C=O) groups is 1. The molecular formula is C20H21NO3S. The molecule has 0 aromatic heterocycles. The molecule has 25 heavy (non-hydrogen) atoms. The molecule has 0 aliphatic carbocycles. The predicted molar refractivity (Wildman–Crippen MR) is 99.1 cm³/mol. The molecule has 2 atom stereocenters. The summed E-state index contributed by atoms with van der Waals surface area (Å²) in [6.07, 6.45) is 0.820. The molecule has 2 unspecified atom stereocenters. The number of nitrogens with zero attached hydrogens (tertiary/aromatic N) is 1. The molecule has 0 spiro atoms. The minimum absolute atomic E-state index is 0.198. The zero-order chi connectivity index (χ0) is 17.2. The zero-order valence-electron chi connectivity index (χ0n) is 14.2. The highest BCUT2D eigenvalue weighted by Gasteiger charge is 2.35. The van der Waals surface area contributed by atoms with Gasteiger partial charge in [-0.25, -0.2) is 0 Å². The van der Waals surface area contributed by atoms with Crippen molar-refractivity contribution in [2.24, 2.45) is 0 Å². The second-order valence-electron chi connectivity index (χ2n) is 6.43. The highest BCUT2D eigenvalue weighted by atomic mass is 32.2. The van der Waals surface area contributed by atoms with Gasteiger partial charge in [0.05, 0.1) is 11.1 Å². The fourth-order valence-electron chi connectivity index (χ4n) is 3.40. The van der Waals surface area contributed by atoms with Gasteiger partial charge in [0.25, 0.3) is 0 Å². The van der Waals surface area contributed by atoms with Crippen LogP contribution in [0, 0.1) is 0 Å². The summed E-state index contributed by atoms with van der Waals surface area (Å²) < 4.78 is 10.8. The Balaban J connectivity index is 1.45. The molecule has 2 aliphatic rings. The van der Waals surface area contributed by atoms with Crippen molar-refractivity contribution in [2.45, 2.75) is 24.6 Å². The van der Waals surface area contributed by atoms with E-state index >= 15 is 0 Å². The maximum atomic E-state index is 12.4. The third-order valence-corrected chi connectivity index (χ3v) is 6.25. The molecule has 2 aromatic carbocycles. The van der Waals surface area contributed by atoms with E-state index in [4.69, 9.17) is 9.47 Å². The molecule has 2 heterocycles. The number of benzene rings is 2. The number of rotatable bonds is 5. The van der Waals surface area contributed by atoms with Gasteiger partial charge in [-0.15, -0.1) is 11.8 Å². The van der Waals surface area contributed by atoms with Gasteiger partial charge < -0.3 is 14.4 Å². The number of hydrogen-bond donors (Lipinski definition) is 0. The Morgan fingerprint density at radius 3 is 2.80 bits per heavy atom. The van der Waals surface area contributed by atoms with Gasteiger partial charge in [0.2, 0.25) is 12.7 Å². The van der Waals surface area contributed by atoms with Crippen molar-refractivity contribution in [3.63, 3.8) is 0 Å². The third-order valence-electron chi connectivity index (χ3n) is 4.84. The molecule has 4 rings (SSSR count). The molecule has 0 bridgehead atoms. The van der Waals surface area contributed by atoms with Gasteiger partial charge in [-0.3, -0.25) is 4.79 Å². The smallest absolute Gasteiger partial charge is 0.233 e. The maximum Gasteiger partial charge on any atom is 0.233 e. The number of thioether (sulfide) groups is 1. The topological polar surface area (TPSA) is 38.8 Å². The van der Waals surface area contributed by atoms with Crippen LogP contribution in [0.25, 0.3) is 0 Å². The van der Waals surface area contributed by atoms with E-state index < -0.39 is 0 Å². The first kappa shape index (κ1) is 16.3. The summed E-state index contributed by atoms with van der Waals surface area (Å²) in [7, 11) is 0. The van der Waals surface area contributed by atoms with Crippen molar-refractivity contribution in [1.29, 1.82) is 0 Å². The highest BCUT2D eigenvalue weighted by molar-refractivity contribution is 8.01. The average molecular weight is 355 g/mol. The average Bonchev–Trinajstić information content (AvgIpc) is 3.26. The first-order valence-electron chi connectivity index (χ1n) is 8.57. The number of amides is 1. The van der Waals surface area contributed by atoms with Crippen LogP contribution in [0.5, 0.6) is 11.5 Å². The van der Waals surface area contributed by atoms with E-state index in [2.05, 4.69) is 37.3 Å². The SMILES string of the molecule is CC(c1ccccc1)C1SCC(=O)N1CCc1ccc2c(c1)OCO2. The standard InChI is InChI=1S/C20H21NO3S/c1-14(16-5-3-2-4-6-16)20-21(19(22)12-25-20)10-9-15-7-8-17-18(11-15)24-13-23-17/h2-8,11,14,20H,9-10,12-13H2,1H3.